The van der Waals surface area contributed by atoms with Gasteiger partial charge in [0, 0.05) is 6.07 Å². The summed E-state index contributed by atoms with van der Waals surface area (Å²) in [7, 11) is 1.55. The minimum Gasteiger partial charge on any atom is -0.481 e. The Bertz CT molecular complexity index is 455. The SMILES string of the molecule is COc1ccc(N)c(NCc2ncn[nH]2)n1. The van der Waals surface area contributed by atoms with E-state index in [-0.39, 0.29) is 0 Å². The maximum absolute atomic E-state index is 5.76. The zero-order valence-corrected chi connectivity index (χ0v) is 8.77. The Morgan fingerprint density at radius 3 is 3.06 bits per heavy atom. The Hall–Kier alpha value is -2.31. The monoisotopic (exact) mass is 220 g/mol. The van der Waals surface area contributed by atoms with Crippen molar-refractivity contribution in [2.75, 3.05) is 18.2 Å². The number of nitrogen functional groups attached to an aromatic ring is 1. The fourth-order valence-corrected chi connectivity index (χ4v) is 1.19. The van der Waals surface area contributed by atoms with Gasteiger partial charge in [0.05, 0.1) is 19.3 Å². The average molecular weight is 220 g/mol. The van der Waals surface area contributed by atoms with E-state index in [1.54, 1.807) is 19.2 Å². The van der Waals surface area contributed by atoms with Crippen molar-refractivity contribution in [3.63, 3.8) is 0 Å². The van der Waals surface area contributed by atoms with Crippen molar-refractivity contribution in [3.8, 4) is 5.88 Å². The number of hydrogen-bond donors (Lipinski definition) is 3. The lowest BCUT2D eigenvalue weighted by Crippen LogP contribution is -2.06. The number of rotatable bonds is 4. The minimum atomic E-state index is 0.477. The molecule has 2 heterocycles. The molecule has 0 saturated heterocycles. The topological polar surface area (TPSA) is 102 Å². The highest BCUT2D eigenvalue weighted by Crippen LogP contribution is 2.19. The van der Waals surface area contributed by atoms with Gasteiger partial charge in [0.25, 0.3) is 0 Å². The molecule has 0 aliphatic carbocycles. The molecule has 0 aliphatic heterocycles. The van der Waals surface area contributed by atoms with Crippen LogP contribution in [-0.4, -0.2) is 27.3 Å². The van der Waals surface area contributed by atoms with Crippen molar-refractivity contribution in [2.24, 2.45) is 0 Å². The lowest BCUT2D eigenvalue weighted by molar-refractivity contribution is 0.398. The summed E-state index contributed by atoms with van der Waals surface area (Å²) >= 11 is 0. The second kappa shape index (κ2) is 4.47. The summed E-state index contributed by atoms with van der Waals surface area (Å²) < 4.78 is 5.00. The van der Waals surface area contributed by atoms with Gasteiger partial charge in [-0.15, -0.1) is 0 Å². The number of aromatic amines is 1. The Kier molecular flexibility index (Phi) is 2.86. The molecule has 2 aromatic rings. The molecule has 0 fully saturated rings. The molecule has 4 N–H and O–H groups in total. The van der Waals surface area contributed by atoms with Crippen molar-refractivity contribution in [2.45, 2.75) is 6.54 Å². The number of hydrogen-bond acceptors (Lipinski definition) is 6. The first-order chi connectivity index (χ1) is 7.79. The van der Waals surface area contributed by atoms with Gasteiger partial charge in [0.2, 0.25) is 5.88 Å². The summed E-state index contributed by atoms with van der Waals surface area (Å²) in [4.78, 5) is 8.14. The van der Waals surface area contributed by atoms with E-state index in [1.807, 2.05) is 0 Å². The molecule has 0 atom stereocenters. The molecule has 0 spiro atoms. The van der Waals surface area contributed by atoms with Crippen molar-refractivity contribution in [1.29, 1.82) is 0 Å². The first kappa shape index (κ1) is 10.2. The van der Waals surface area contributed by atoms with Gasteiger partial charge >= 0.3 is 0 Å². The van der Waals surface area contributed by atoms with Gasteiger partial charge in [-0.25, -0.2) is 4.98 Å². The van der Waals surface area contributed by atoms with E-state index in [0.29, 0.717) is 29.8 Å². The molecule has 2 rings (SSSR count). The van der Waals surface area contributed by atoms with E-state index in [2.05, 4.69) is 25.5 Å². The molecule has 0 amide bonds. The summed E-state index contributed by atoms with van der Waals surface area (Å²) in [6.07, 6.45) is 1.44. The summed E-state index contributed by atoms with van der Waals surface area (Å²) in [5.74, 6) is 1.79. The van der Waals surface area contributed by atoms with Crippen molar-refractivity contribution < 1.29 is 4.74 Å². The van der Waals surface area contributed by atoms with E-state index >= 15 is 0 Å². The number of nitrogens with two attached hydrogens (primary N) is 1. The van der Waals surface area contributed by atoms with Gasteiger partial charge < -0.3 is 15.8 Å². The number of nitrogens with zero attached hydrogens (tertiary/aromatic N) is 3. The predicted octanol–water partition coefficient (Wildman–Crippen LogP) is 0.403. The summed E-state index contributed by atoms with van der Waals surface area (Å²) in [6.45, 7) is 0.477. The predicted molar refractivity (Wildman–Crippen MR) is 58.9 cm³/mol. The van der Waals surface area contributed by atoms with Crippen LogP contribution in [0.1, 0.15) is 5.82 Å². The number of ether oxygens (including phenoxy) is 1. The highest BCUT2D eigenvalue weighted by Gasteiger charge is 2.03. The molecular formula is C9H12N6O. The minimum absolute atomic E-state index is 0.477. The fourth-order valence-electron chi connectivity index (χ4n) is 1.19. The molecule has 7 nitrogen and oxygen atoms in total. The quantitative estimate of drug-likeness (QED) is 0.689. The molecule has 0 unspecified atom stereocenters. The van der Waals surface area contributed by atoms with Gasteiger partial charge in [0.1, 0.15) is 12.2 Å². The summed E-state index contributed by atoms with van der Waals surface area (Å²) in [5, 5.41) is 9.51. The summed E-state index contributed by atoms with van der Waals surface area (Å²) in [6, 6.07) is 3.43. The van der Waals surface area contributed by atoms with E-state index < -0.39 is 0 Å². The smallest absolute Gasteiger partial charge is 0.215 e. The largest absolute Gasteiger partial charge is 0.481 e. The number of aromatic nitrogens is 4. The maximum Gasteiger partial charge on any atom is 0.215 e. The van der Waals surface area contributed by atoms with Crippen molar-refractivity contribution in [3.05, 3.63) is 24.3 Å². The lowest BCUT2D eigenvalue weighted by atomic mass is 10.4. The van der Waals surface area contributed by atoms with Crippen molar-refractivity contribution in [1.82, 2.24) is 20.2 Å². The van der Waals surface area contributed by atoms with Crippen LogP contribution in [0.2, 0.25) is 0 Å². The summed E-state index contributed by atoms with van der Waals surface area (Å²) in [5.41, 5.74) is 6.31. The molecular weight excluding hydrogens is 208 g/mol. The van der Waals surface area contributed by atoms with Gasteiger partial charge in [-0.1, -0.05) is 0 Å². The highest BCUT2D eigenvalue weighted by molar-refractivity contribution is 5.61. The van der Waals surface area contributed by atoms with Crippen LogP contribution in [0.15, 0.2) is 18.5 Å². The number of anilines is 2. The molecule has 0 aliphatic rings. The van der Waals surface area contributed by atoms with E-state index in [1.165, 1.54) is 6.33 Å². The van der Waals surface area contributed by atoms with Crippen LogP contribution in [0.25, 0.3) is 0 Å². The lowest BCUT2D eigenvalue weighted by Gasteiger charge is -2.08. The average Bonchev–Trinajstić information content (AvgIpc) is 2.81. The van der Waals surface area contributed by atoms with Gasteiger partial charge in [0.15, 0.2) is 5.82 Å². The second-order valence-corrected chi connectivity index (χ2v) is 3.08. The number of nitrogens with one attached hydrogen (secondary N) is 2. The Balaban J connectivity index is 2.08. The number of H-pyrrole nitrogens is 1. The third-order valence-corrected chi connectivity index (χ3v) is 2.00. The van der Waals surface area contributed by atoms with Crippen LogP contribution < -0.4 is 15.8 Å². The third-order valence-electron chi connectivity index (χ3n) is 2.00. The zero-order chi connectivity index (χ0) is 11.4. The van der Waals surface area contributed by atoms with E-state index in [9.17, 15) is 0 Å². The first-order valence-corrected chi connectivity index (χ1v) is 4.68. The molecule has 2 aromatic heterocycles. The van der Waals surface area contributed by atoms with Crippen LogP contribution >= 0.6 is 0 Å². The van der Waals surface area contributed by atoms with Crippen LogP contribution in [-0.2, 0) is 6.54 Å². The zero-order valence-electron chi connectivity index (χ0n) is 8.77. The van der Waals surface area contributed by atoms with Gasteiger partial charge in [-0.05, 0) is 6.07 Å². The van der Waals surface area contributed by atoms with Gasteiger partial charge in [-0.3, -0.25) is 5.10 Å². The maximum atomic E-state index is 5.76. The molecule has 0 bridgehead atoms. The normalized spacial score (nSPS) is 10.1. The van der Waals surface area contributed by atoms with Gasteiger partial charge in [-0.2, -0.15) is 10.1 Å². The molecule has 0 saturated carbocycles. The molecule has 0 aromatic carbocycles. The Morgan fingerprint density at radius 1 is 1.50 bits per heavy atom. The highest BCUT2D eigenvalue weighted by atomic mass is 16.5. The molecule has 7 heteroatoms. The molecule has 0 radical (unpaired) electrons. The number of pyridine rings is 1. The second-order valence-electron chi connectivity index (χ2n) is 3.08. The standard InChI is InChI=1S/C9H12N6O/c1-16-8-3-2-6(10)9(14-8)11-4-7-12-5-13-15-7/h2-3,5H,4,10H2,1H3,(H,11,14)(H,12,13,15). The Labute approximate surface area is 92.1 Å². The molecule has 84 valence electrons. The van der Waals surface area contributed by atoms with E-state index in [4.69, 9.17) is 10.5 Å². The van der Waals surface area contributed by atoms with Crippen LogP contribution in [0.3, 0.4) is 0 Å². The van der Waals surface area contributed by atoms with E-state index in [0.717, 1.165) is 0 Å². The van der Waals surface area contributed by atoms with Crippen molar-refractivity contribution >= 4 is 11.5 Å². The first-order valence-electron chi connectivity index (χ1n) is 4.68. The van der Waals surface area contributed by atoms with Crippen LogP contribution in [0, 0.1) is 0 Å². The third kappa shape index (κ3) is 2.19. The fraction of sp³-hybridized carbons (Fsp3) is 0.222. The van der Waals surface area contributed by atoms with Crippen LogP contribution in [0.4, 0.5) is 11.5 Å². The van der Waals surface area contributed by atoms with Crippen LogP contribution in [0.5, 0.6) is 5.88 Å². The number of methoxy groups -OCH3 is 1. The Morgan fingerprint density at radius 2 is 2.38 bits per heavy atom. The molecule has 16 heavy (non-hydrogen) atoms.